The van der Waals surface area contributed by atoms with E-state index in [-0.39, 0.29) is 18.3 Å². The number of amides is 1. The molecule has 0 saturated heterocycles. The van der Waals surface area contributed by atoms with E-state index in [9.17, 15) is 4.79 Å². The molecule has 2 rings (SSSR count). The van der Waals surface area contributed by atoms with Gasteiger partial charge in [0, 0.05) is 10.2 Å². The zero-order valence-electron chi connectivity index (χ0n) is 13.9. The minimum absolute atomic E-state index is 0. The van der Waals surface area contributed by atoms with Crippen molar-refractivity contribution in [1.82, 2.24) is 0 Å². The maximum Gasteiger partial charge on any atom is 0.248 e. The van der Waals surface area contributed by atoms with E-state index < -0.39 is 5.54 Å². The molecule has 130 valence electrons. The molecule has 1 unspecified atom stereocenters. The van der Waals surface area contributed by atoms with Crippen molar-refractivity contribution in [2.45, 2.75) is 26.3 Å². The molecule has 24 heavy (non-hydrogen) atoms. The largest absolute Gasteiger partial charge is 0.494 e. The lowest BCUT2D eigenvalue weighted by molar-refractivity contribution is -0.120. The number of carbonyl (C=O) groups excluding carboxylic acids is 1. The van der Waals surface area contributed by atoms with Crippen molar-refractivity contribution in [3.8, 4) is 5.75 Å². The van der Waals surface area contributed by atoms with Crippen molar-refractivity contribution in [1.29, 1.82) is 0 Å². The highest BCUT2D eigenvalue weighted by Gasteiger charge is 2.30. The van der Waals surface area contributed by atoms with Gasteiger partial charge >= 0.3 is 0 Å². The van der Waals surface area contributed by atoms with Gasteiger partial charge in [0.2, 0.25) is 5.91 Å². The highest BCUT2D eigenvalue weighted by molar-refractivity contribution is 9.10. The monoisotopic (exact) mass is 412 g/mol. The highest BCUT2D eigenvalue weighted by Crippen LogP contribution is 2.25. The Morgan fingerprint density at radius 1 is 1.25 bits per heavy atom. The first-order chi connectivity index (χ1) is 10.8. The smallest absolute Gasteiger partial charge is 0.248 e. The van der Waals surface area contributed by atoms with Crippen LogP contribution >= 0.6 is 28.3 Å². The summed E-state index contributed by atoms with van der Waals surface area (Å²) in [4.78, 5) is 12.6. The number of carbonyl (C=O) groups is 1. The van der Waals surface area contributed by atoms with Crippen molar-refractivity contribution < 1.29 is 9.53 Å². The Bertz CT molecular complexity index is 703. The molecule has 0 spiro atoms. The highest BCUT2D eigenvalue weighted by atomic mass is 79.9. The van der Waals surface area contributed by atoms with Gasteiger partial charge in [0.25, 0.3) is 0 Å². The molecule has 0 bridgehead atoms. The number of nitrogens with two attached hydrogens (primary N) is 1. The molecular weight excluding hydrogens is 392 g/mol. The number of benzene rings is 2. The summed E-state index contributed by atoms with van der Waals surface area (Å²) in [6.45, 7) is 6.17. The minimum atomic E-state index is -1.12. The zero-order chi connectivity index (χ0) is 17.0. The molecule has 2 aromatic rings. The quantitative estimate of drug-likeness (QED) is 0.764. The summed E-state index contributed by atoms with van der Waals surface area (Å²) in [7, 11) is 0. The Balaban J connectivity index is 0.00000288. The van der Waals surface area contributed by atoms with Gasteiger partial charge in [0.15, 0.2) is 0 Å². The SMILES string of the molecule is CCOc1ccc(NC(=O)C(C)(N)c2ccc(Br)cc2)c(C)c1.Cl. The molecule has 1 atom stereocenters. The third-order valence-corrected chi connectivity index (χ3v) is 4.20. The lowest BCUT2D eigenvalue weighted by Crippen LogP contribution is -2.45. The van der Waals surface area contributed by atoms with Gasteiger partial charge in [-0.1, -0.05) is 28.1 Å². The molecule has 0 saturated carbocycles. The zero-order valence-corrected chi connectivity index (χ0v) is 16.3. The summed E-state index contributed by atoms with van der Waals surface area (Å²) in [6.07, 6.45) is 0. The van der Waals surface area contributed by atoms with E-state index in [1.165, 1.54) is 0 Å². The number of aryl methyl sites for hydroxylation is 1. The molecule has 4 nitrogen and oxygen atoms in total. The first-order valence-corrected chi connectivity index (χ1v) is 8.23. The number of hydrogen-bond acceptors (Lipinski definition) is 3. The Morgan fingerprint density at radius 2 is 1.88 bits per heavy atom. The average molecular weight is 414 g/mol. The second-order valence-corrected chi connectivity index (χ2v) is 6.49. The van der Waals surface area contributed by atoms with E-state index in [1.54, 1.807) is 6.92 Å². The lowest BCUT2D eigenvalue weighted by atomic mass is 9.92. The van der Waals surface area contributed by atoms with E-state index in [1.807, 2.05) is 56.3 Å². The van der Waals surface area contributed by atoms with Gasteiger partial charge in [0.1, 0.15) is 11.3 Å². The Morgan fingerprint density at radius 3 is 2.42 bits per heavy atom. The molecule has 0 fully saturated rings. The van der Waals surface area contributed by atoms with E-state index in [4.69, 9.17) is 10.5 Å². The van der Waals surface area contributed by atoms with E-state index in [2.05, 4.69) is 21.2 Å². The molecule has 1 amide bonds. The molecule has 0 aliphatic carbocycles. The van der Waals surface area contributed by atoms with Crippen LogP contribution in [0.25, 0.3) is 0 Å². The molecule has 3 N–H and O–H groups in total. The number of anilines is 1. The first-order valence-electron chi connectivity index (χ1n) is 7.44. The van der Waals surface area contributed by atoms with E-state index in [0.717, 1.165) is 27.0 Å². The second-order valence-electron chi connectivity index (χ2n) is 5.57. The van der Waals surface area contributed by atoms with Crippen molar-refractivity contribution in [2.75, 3.05) is 11.9 Å². The van der Waals surface area contributed by atoms with Crippen molar-refractivity contribution in [2.24, 2.45) is 5.73 Å². The van der Waals surface area contributed by atoms with Gasteiger partial charge in [0.05, 0.1) is 6.61 Å². The second kappa shape index (κ2) is 8.51. The molecule has 0 radical (unpaired) electrons. The topological polar surface area (TPSA) is 64.3 Å². The summed E-state index contributed by atoms with van der Waals surface area (Å²) in [5, 5.41) is 2.90. The fourth-order valence-electron chi connectivity index (χ4n) is 2.21. The van der Waals surface area contributed by atoms with Crippen LogP contribution in [0, 0.1) is 6.92 Å². The summed E-state index contributed by atoms with van der Waals surface area (Å²) < 4.78 is 6.40. The molecule has 0 heterocycles. The average Bonchev–Trinajstić information content (AvgIpc) is 2.50. The molecule has 0 aromatic heterocycles. The van der Waals surface area contributed by atoms with Crippen molar-refractivity contribution in [3.05, 3.63) is 58.1 Å². The fourth-order valence-corrected chi connectivity index (χ4v) is 2.48. The Hall–Kier alpha value is -1.56. The van der Waals surface area contributed by atoms with Gasteiger partial charge < -0.3 is 15.8 Å². The standard InChI is InChI=1S/C18H21BrN2O2.ClH/c1-4-23-15-9-10-16(12(2)11-15)21-17(22)18(3,20)13-5-7-14(19)8-6-13;/h5-11H,4,20H2,1-3H3,(H,21,22);1H. The Labute approximate surface area is 157 Å². The maximum atomic E-state index is 12.6. The predicted octanol–water partition coefficient (Wildman–Crippen LogP) is 4.39. The number of halogens is 2. The summed E-state index contributed by atoms with van der Waals surface area (Å²) >= 11 is 3.38. The molecule has 2 aromatic carbocycles. The van der Waals surface area contributed by atoms with Crippen molar-refractivity contribution in [3.63, 3.8) is 0 Å². The van der Waals surface area contributed by atoms with Gasteiger partial charge in [-0.25, -0.2) is 0 Å². The number of nitrogens with one attached hydrogen (secondary N) is 1. The van der Waals surface area contributed by atoms with Crippen LogP contribution in [0.4, 0.5) is 5.69 Å². The summed E-state index contributed by atoms with van der Waals surface area (Å²) in [5.74, 6) is 0.526. The third kappa shape index (κ3) is 4.72. The van der Waals surface area contributed by atoms with Crippen LogP contribution < -0.4 is 15.8 Å². The maximum absolute atomic E-state index is 12.6. The normalized spacial score (nSPS) is 12.7. The van der Waals surface area contributed by atoms with Crippen LogP contribution in [-0.2, 0) is 10.3 Å². The van der Waals surface area contributed by atoms with E-state index in [0.29, 0.717) is 6.61 Å². The molecular formula is C18H22BrClN2O2. The van der Waals surface area contributed by atoms with Gasteiger partial charge in [-0.2, -0.15) is 0 Å². The molecule has 0 aliphatic heterocycles. The van der Waals surface area contributed by atoms with Crippen LogP contribution in [0.1, 0.15) is 25.0 Å². The predicted molar refractivity (Wildman–Crippen MR) is 104 cm³/mol. The first kappa shape index (κ1) is 20.5. The summed E-state index contributed by atoms with van der Waals surface area (Å²) in [5.41, 5.74) is 7.54. The fraction of sp³-hybridized carbons (Fsp3) is 0.278. The van der Waals surface area contributed by atoms with Crippen LogP contribution in [0.5, 0.6) is 5.75 Å². The summed E-state index contributed by atoms with van der Waals surface area (Å²) in [6, 6.07) is 13.0. The minimum Gasteiger partial charge on any atom is -0.494 e. The van der Waals surface area contributed by atoms with E-state index >= 15 is 0 Å². The van der Waals surface area contributed by atoms with Gasteiger partial charge in [-0.15, -0.1) is 12.4 Å². The molecule has 6 heteroatoms. The van der Waals surface area contributed by atoms with Crippen LogP contribution in [0.15, 0.2) is 46.9 Å². The van der Waals surface area contributed by atoms with Gasteiger partial charge in [-0.05, 0) is 62.2 Å². The van der Waals surface area contributed by atoms with Crippen LogP contribution in [0.3, 0.4) is 0 Å². The molecule has 0 aliphatic rings. The number of rotatable bonds is 5. The third-order valence-electron chi connectivity index (χ3n) is 3.67. The van der Waals surface area contributed by atoms with Crippen molar-refractivity contribution >= 4 is 39.9 Å². The van der Waals surface area contributed by atoms with Gasteiger partial charge in [-0.3, -0.25) is 4.79 Å². The lowest BCUT2D eigenvalue weighted by Gasteiger charge is -2.24. The Kier molecular flexibility index (Phi) is 7.27. The number of hydrogen-bond donors (Lipinski definition) is 2. The number of ether oxygens (including phenoxy) is 1. The van der Waals surface area contributed by atoms with Crippen LogP contribution in [-0.4, -0.2) is 12.5 Å². The van der Waals surface area contributed by atoms with Crippen LogP contribution in [0.2, 0.25) is 0 Å².